The van der Waals surface area contributed by atoms with Crippen molar-refractivity contribution in [1.29, 1.82) is 0 Å². The average molecular weight is 353 g/mol. The number of carbonyl (C=O) groups excluding carboxylic acids is 1. The first-order valence-electron chi connectivity index (χ1n) is 8.16. The van der Waals surface area contributed by atoms with Gasteiger partial charge in [-0.15, -0.1) is 0 Å². The smallest absolute Gasteiger partial charge is 0.241 e. The van der Waals surface area contributed by atoms with Gasteiger partial charge in [-0.1, -0.05) is 31.5 Å². The Balaban J connectivity index is 2.07. The summed E-state index contributed by atoms with van der Waals surface area (Å²) in [4.78, 5) is 14.5. The van der Waals surface area contributed by atoms with E-state index in [9.17, 15) is 13.2 Å². The molecule has 24 heavy (non-hydrogen) atoms. The van der Waals surface area contributed by atoms with Gasteiger partial charge in [-0.3, -0.25) is 4.79 Å². The van der Waals surface area contributed by atoms with Crippen LogP contribution in [0.15, 0.2) is 29.2 Å². The third-order valence-corrected chi connectivity index (χ3v) is 6.21. The van der Waals surface area contributed by atoms with Crippen LogP contribution in [0.3, 0.4) is 0 Å². The number of hydrogen-bond acceptors (Lipinski definition) is 4. The van der Waals surface area contributed by atoms with Crippen LogP contribution in [0.2, 0.25) is 0 Å². The molecule has 2 unspecified atom stereocenters. The van der Waals surface area contributed by atoms with Gasteiger partial charge in [-0.25, -0.2) is 8.42 Å². The normalized spacial score (nSPS) is 22.2. The predicted molar refractivity (Wildman–Crippen MR) is 93.9 cm³/mol. The van der Waals surface area contributed by atoms with E-state index in [1.54, 1.807) is 24.0 Å². The number of benzene rings is 1. The van der Waals surface area contributed by atoms with Crippen molar-refractivity contribution >= 4 is 15.9 Å². The number of piperidine rings is 1. The highest BCUT2D eigenvalue weighted by molar-refractivity contribution is 7.89. The first kappa shape index (κ1) is 18.9. The van der Waals surface area contributed by atoms with Gasteiger partial charge in [0.15, 0.2) is 0 Å². The lowest BCUT2D eigenvalue weighted by atomic mass is 9.79. The van der Waals surface area contributed by atoms with Crippen LogP contribution in [-0.2, 0) is 14.8 Å². The third kappa shape index (κ3) is 4.15. The molecule has 0 aliphatic carbocycles. The Labute approximate surface area is 144 Å². The summed E-state index contributed by atoms with van der Waals surface area (Å²) >= 11 is 0. The van der Waals surface area contributed by atoms with Gasteiger partial charge in [0.1, 0.15) is 0 Å². The molecule has 1 aliphatic heterocycles. The molecule has 0 saturated carbocycles. The van der Waals surface area contributed by atoms with Gasteiger partial charge in [-0.05, 0) is 37.8 Å². The molecule has 6 nitrogen and oxygen atoms in total. The molecular formula is C17H27N3O3S. The summed E-state index contributed by atoms with van der Waals surface area (Å²) < 4.78 is 27.3. The van der Waals surface area contributed by atoms with Gasteiger partial charge in [0.2, 0.25) is 15.9 Å². The van der Waals surface area contributed by atoms with E-state index in [2.05, 4.69) is 4.72 Å². The zero-order valence-electron chi connectivity index (χ0n) is 14.7. The van der Waals surface area contributed by atoms with Crippen LogP contribution in [0.5, 0.6) is 0 Å². The highest BCUT2D eigenvalue weighted by Gasteiger charge is 2.37. The van der Waals surface area contributed by atoms with E-state index in [0.29, 0.717) is 13.1 Å². The van der Waals surface area contributed by atoms with Gasteiger partial charge in [0, 0.05) is 19.1 Å². The Morgan fingerprint density at radius 3 is 2.46 bits per heavy atom. The van der Waals surface area contributed by atoms with Crippen LogP contribution in [0.25, 0.3) is 0 Å². The molecule has 1 heterocycles. The molecule has 2 rings (SSSR count). The van der Waals surface area contributed by atoms with E-state index in [4.69, 9.17) is 5.73 Å². The van der Waals surface area contributed by atoms with E-state index in [-0.39, 0.29) is 22.3 Å². The molecule has 0 spiro atoms. The molecule has 1 aliphatic rings. The number of likely N-dealkylation sites (tertiary alicyclic amines) is 1. The van der Waals surface area contributed by atoms with Gasteiger partial charge >= 0.3 is 0 Å². The van der Waals surface area contributed by atoms with Crippen molar-refractivity contribution in [2.75, 3.05) is 13.1 Å². The lowest BCUT2D eigenvalue weighted by Crippen LogP contribution is -2.57. The molecule has 134 valence electrons. The minimum Gasteiger partial charge on any atom is -0.341 e. The van der Waals surface area contributed by atoms with E-state index < -0.39 is 16.1 Å². The fourth-order valence-electron chi connectivity index (χ4n) is 2.90. The van der Waals surface area contributed by atoms with Crippen LogP contribution in [-0.4, -0.2) is 44.4 Å². The molecular weight excluding hydrogens is 326 g/mol. The zero-order valence-corrected chi connectivity index (χ0v) is 15.6. The highest BCUT2D eigenvalue weighted by atomic mass is 32.2. The Morgan fingerprint density at radius 2 is 1.92 bits per heavy atom. The number of nitrogens with two attached hydrogens (primary N) is 1. The van der Waals surface area contributed by atoms with E-state index in [1.165, 1.54) is 12.1 Å². The monoisotopic (exact) mass is 353 g/mol. The maximum absolute atomic E-state index is 12.6. The van der Waals surface area contributed by atoms with Crippen LogP contribution >= 0.6 is 0 Å². The Bertz CT molecular complexity index is 698. The molecule has 1 fully saturated rings. The fraction of sp³-hybridized carbons (Fsp3) is 0.588. The van der Waals surface area contributed by atoms with Crippen LogP contribution in [0.1, 0.15) is 32.8 Å². The topological polar surface area (TPSA) is 92.5 Å². The van der Waals surface area contributed by atoms with Crippen molar-refractivity contribution in [2.45, 2.75) is 51.1 Å². The summed E-state index contributed by atoms with van der Waals surface area (Å²) in [6.45, 7) is 8.61. The van der Waals surface area contributed by atoms with Crippen molar-refractivity contribution in [3.63, 3.8) is 0 Å². The first-order chi connectivity index (χ1) is 11.0. The van der Waals surface area contributed by atoms with Crippen molar-refractivity contribution in [3.05, 3.63) is 29.8 Å². The molecule has 1 aromatic rings. The second kappa shape index (κ2) is 6.82. The van der Waals surface area contributed by atoms with Crippen molar-refractivity contribution < 1.29 is 13.2 Å². The molecule has 1 amide bonds. The molecule has 3 N–H and O–H groups in total. The minimum absolute atomic E-state index is 0.0427. The van der Waals surface area contributed by atoms with E-state index >= 15 is 0 Å². The number of sulfonamides is 1. The van der Waals surface area contributed by atoms with Crippen molar-refractivity contribution in [3.8, 4) is 0 Å². The lowest BCUT2D eigenvalue weighted by molar-refractivity contribution is -0.136. The summed E-state index contributed by atoms with van der Waals surface area (Å²) in [5.74, 6) is -0.217. The number of nitrogens with zero attached hydrogens (tertiary/aromatic N) is 1. The first-order valence-corrected chi connectivity index (χ1v) is 9.64. The number of aryl methyl sites for hydroxylation is 1. The quantitative estimate of drug-likeness (QED) is 0.852. The maximum atomic E-state index is 12.6. The molecule has 2 atom stereocenters. The van der Waals surface area contributed by atoms with E-state index in [0.717, 1.165) is 12.0 Å². The third-order valence-electron chi connectivity index (χ3n) is 4.66. The second-order valence-corrected chi connectivity index (χ2v) is 9.01. The van der Waals surface area contributed by atoms with Gasteiger partial charge in [0.05, 0.1) is 10.9 Å². The predicted octanol–water partition coefficient (Wildman–Crippen LogP) is 1.25. The molecule has 0 bridgehead atoms. The summed E-state index contributed by atoms with van der Waals surface area (Å²) in [7, 11) is -3.72. The number of rotatable bonds is 4. The van der Waals surface area contributed by atoms with Crippen LogP contribution in [0.4, 0.5) is 0 Å². The Morgan fingerprint density at radius 1 is 1.33 bits per heavy atom. The average Bonchev–Trinajstić information content (AvgIpc) is 2.49. The summed E-state index contributed by atoms with van der Waals surface area (Å²) in [6, 6.07) is 5.77. The van der Waals surface area contributed by atoms with Gasteiger partial charge in [-0.2, -0.15) is 4.72 Å². The molecule has 1 aromatic carbocycles. The van der Waals surface area contributed by atoms with Gasteiger partial charge < -0.3 is 10.6 Å². The van der Waals surface area contributed by atoms with Crippen molar-refractivity contribution in [2.24, 2.45) is 11.1 Å². The maximum Gasteiger partial charge on any atom is 0.241 e. The number of carbonyl (C=O) groups is 1. The van der Waals surface area contributed by atoms with Crippen molar-refractivity contribution in [1.82, 2.24) is 9.62 Å². The van der Waals surface area contributed by atoms with Crippen LogP contribution in [0, 0.1) is 12.3 Å². The Hall–Kier alpha value is -1.44. The molecule has 7 heteroatoms. The van der Waals surface area contributed by atoms with E-state index in [1.807, 2.05) is 20.8 Å². The SMILES string of the molecule is Cc1ccc(S(=O)(=O)NC(C)C(=O)N2CCC(N)C(C)(C)C2)cc1. The molecule has 0 radical (unpaired) electrons. The second-order valence-electron chi connectivity index (χ2n) is 7.30. The minimum atomic E-state index is -3.72. The number of nitrogens with one attached hydrogen (secondary N) is 1. The Kier molecular flexibility index (Phi) is 5.37. The molecule has 1 saturated heterocycles. The van der Waals surface area contributed by atoms with Gasteiger partial charge in [0.25, 0.3) is 0 Å². The number of hydrogen-bond donors (Lipinski definition) is 2. The summed E-state index contributed by atoms with van der Waals surface area (Å²) in [5, 5.41) is 0. The van der Waals surface area contributed by atoms with Crippen LogP contribution < -0.4 is 10.5 Å². The standard InChI is InChI=1S/C17H27N3O3S/c1-12-5-7-14(8-6-12)24(22,23)19-13(2)16(21)20-10-9-15(18)17(3,4)11-20/h5-8,13,15,19H,9-11,18H2,1-4H3. The number of amides is 1. The highest BCUT2D eigenvalue weighted by Crippen LogP contribution is 2.28. The molecule has 0 aromatic heterocycles. The fourth-order valence-corrected chi connectivity index (χ4v) is 4.10. The zero-order chi connectivity index (χ0) is 18.1. The lowest BCUT2D eigenvalue weighted by Gasteiger charge is -2.43. The summed E-state index contributed by atoms with van der Waals surface area (Å²) in [6.07, 6.45) is 0.718. The largest absolute Gasteiger partial charge is 0.341 e. The summed E-state index contributed by atoms with van der Waals surface area (Å²) in [5.41, 5.74) is 6.89.